The quantitative estimate of drug-likeness (QED) is 0.894. The molecule has 20 heavy (non-hydrogen) atoms. The van der Waals surface area contributed by atoms with Crippen LogP contribution in [0.1, 0.15) is 54.3 Å². The number of fused-ring (bicyclic) bond motifs is 2. The van der Waals surface area contributed by atoms with Gasteiger partial charge in [-0.1, -0.05) is 0 Å². The van der Waals surface area contributed by atoms with Crippen molar-refractivity contribution in [2.24, 2.45) is 5.92 Å². The van der Waals surface area contributed by atoms with Crippen LogP contribution >= 0.6 is 0 Å². The molecule has 0 aromatic carbocycles. The number of nitrogens with one attached hydrogen (secondary N) is 1. The van der Waals surface area contributed by atoms with Crippen LogP contribution in [0.4, 0.5) is 0 Å². The van der Waals surface area contributed by atoms with Crippen molar-refractivity contribution in [3.63, 3.8) is 0 Å². The summed E-state index contributed by atoms with van der Waals surface area (Å²) in [6.07, 6.45) is 6.06. The molecule has 3 atom stereocenters. The summed E-state index contributed by atoms with van der Waals surface area (Å²) in [4.78, 5) is 17.0. The fourth-order valence-electron chi connectivity index (χ4n) is 4.24. The third-order valence-corrected chi connectivity index (χ3v) is 5.37. The largest absolute Gasteiger partial charge is 0.334 e. The highest BCUT2D eigenvalue weighted by Gasteiger charge is 2.41. The highest BCUT2D eigenvalue weighted by atomic mass is 16.2. The van der Waals surface area contributed by atoms with E-state index in [1.54, 1.807) is 0 Å². The van der Waals surface area contributed by atoms with Gasteiger partial charge in [-0.05, 0) is 57.7 Å². The number of carbonyl (C=O) groups is 1. The molecule has 5 nitrogen and oxygen atoms in total. The molecule has 3 fully saturated rings. The molecule has 4 rings (SSSR count). The lowest BCUT2D eigenvalue weighted by Crippen LogP contribution is -2.37. The highest BCUT2D eigenvalue weighted by Crippen LogP contribution is 2.38. The van der Waals surface area contributed by atoms with Crippen molar-refractivity contribution in [2.45, 2.75) is 44.2 Å². The standard InChI is InChI=1S/C15H22N4O/c1-18-6-2-3-14(18)12-8-13(17-16-12)15(20)19-9-10-4-5-11(19)7-10/h8,10-11,14H,2-7,9H2,1H3,(H,16,17). The summed E-state index contributed by atoms with van der Waals surface area (Å²) < 4.78 is 0. The van der Waals surface area contributed by atoms with Crippen molar-refractivity contribution in [1.82, 2.24) is 20.0 Å². The number of likely N-dealkylation sites (tertiary alicyclic amines) is 2. The first-order valence-corrected chi connectivity index (χ1v) is 7.79. The van der Waals surface area contributed by atoms with Crippen molar-refractivity contribution < 1.29 is 4.79 Å². The lowest BCUT2D eigenvalue weighted by Gasteiger charge is -2.26. The van der Waals surface area contributed by atoms with E-state index >= 15 is 0 Å². The number of hydrogen-bond donors (Lipinski definition) is 1. The van der Waals surface area contributed by atoms with E-state index in [0.29, 0.717) is 17.8 Å². The maximum Gasteiger partial charge on any atom is 0.274 e. The second-order valence-corrected chi connectivity index (χ2v) is 6.64. The molecule has 1 N–H and O–H groups in total. The molecule has 3 aliphatic rings. The van der Waals surface area contributed by atoms with E-state index in [-0.39, 0.29) is 5.91 Å². The predicted molar refractivity (Wildman–Crippen MR) is 75.4 cm³/mol. The van der Waals surface area contributed by atoms with Crippen molar-refractivity contribution in [2.75, 3.05) is 20.1 Å². The summed E-state index contributed by atoms with van der Waals surface area (Å²) in [5.74, 6) is 0.865. The molecule has 3 unspecified atom stereocenters. The van der Waals surface area contributed by atoms with Crippen molar-refractivity contribution in [3.8, 4) is 0 Å². The molecule has 2 saturated heterocycles. The van der Waals surface area contributed by atoms with Crippen molar-refractivity contribution in [3.05, 3.63) is 17.5 Å². The Bertz CT molecular complexity index is 526. The summed E-state index contributed by atoms with van der Waals surface area (Å²) in [6, 6.07) is 2.85. The minimum Gasteiger partial charge on any atom is -0.334 e. The van der Waals surface area contributed by atoms with Crippen LogP contribution in [0, 0.1) is 5.92 Å². The molecule has 5 heteroatoms. The molecule has 1 aromatic heterocycles. The number of aromatic nitrogens is 2. The predicted octanol–water partition coefficient (Wildman–Crippen LogP) is 1.80. The Morgan fingerprint density at radius 2 is 2.30 bits per heavy atom. The minimum atomic E-state index is 0.125. The van der Waals surface area contributed by atoms with Crippen molar-refractivity contribution in [1.29, 1.82) is 0 Å². The van der Waals surface area contributed by atoms with Gasteiger partial charge in [0, 0.05) is 12.6 Å². The van der Waals surface area contributed by atoms with Gasteiger partial charge in [-0.15, -0.1) is 0 Å². The molecule has 1 amide bonds. The zero-order chi connectivity index (χ0) is 13.7. The van der Waals surface area contributed by atoms with Gasteiger partial charge in [-0.25, -0.2) is 0 Å². The number of piperidine rings is 1. The molecule has 2 bridgehead atoms. The molecular formula is C15H22N4O. The molecule has 0 radical (unpaired) electrons. The zero-order valence-corrected chi connectivity index (χ0v) is 12.0. The Hall–Kier alpha value is -1.36. The van der Waals surface area contributed by atoms with Crippen LogP contribution in [0.15, 0.2) is 6.07 Å². The fraction of sp³-hybridized carbons (Fsp3) is 0.733. The summed E-state index contributed by atoms with van der Waals surface area (Å²) in [7, 11) is 2.14. The number of amides is 1. The number of rotatable bonds is 2. The number of nitrogens with zero attached hydrogens (tertiary/aromatic N) is 3. The molecule has 1 aliphatic carbocycles. The average molecular weight is 274 g/mol. The first-order valence-electron chi connectivity index (χ1n) is 7.79. The normalized spacial score (nSPS) is 33.2. The lowest BCUT2D eigenvalue weighted by atomic mass is 10.1. The molecular weight excluding hydrogens is 252 g/mol. The zero-order valence-electron chi connectivity index (χ0n) is 12.0. The SMILES string of the molecule is CN1CCCC1c1cc(C(=O)N2CC3CCC2C3)n[nH]1. The van der Waals surface area contributed by atoms with Crippen LogP contribution in [0.25, 0.3) is 0 Å². The van der Waals surface area contributed by atoms with E-state index in [4.69, 9.17) is 0 Å². The summed E-state index contributed by atoms with van der Waals surface area (Å²) in [5, 5.41) is 7.37. The van der Waals surface area contributed by atoms with Crippen LogP contribution in [0.2, 0.25) is 0 Å². The second-order valence-electron chi connectivity index (χ2n) is 6.64. The summed E-state index contributed by atoms with van der Waals surface area (Å²) in [6.45, 7) is 2.07. The maximum absolute atomic E-state index is 12.6. The van der Waals surface area contributed by atoms with Crippen LogP contribution in [0.3, 0.4) is 0 Å². The van der Waals surface area contributed by atoms with E-state index in [0.717, 1.165) is 31.1 Å². The van der Waals surface area contributed by atoms with E-state index in [1.165, 1.54) is 25.7 Å². The minimum absolute atomic E-state index is 0.125. The number of H-pyrrole nitrogens is 1. The molecule has 0 spiro atoms. The van der Waals surface area contributed by atoms with Gasteiger partial charge in [0.2, 0.25) is 0 Å². The van der Waals surface area contributed by atoms with E-state index in [2.05, 4.69) is 22.1 Å². The third kappa shape index (κ3) is 1.87. The van der Waals surface area contributed by atoms with Crippen LogP contribution in [0.5, 0.6) is 0 Å². The Balaban J connectivity index is 1.51. The molecule has 1 aromatic rings. The summed E-state index contributed by atoms with van der Waals surface area (Å²) >= 11 is 0. The van der Waals surface area contributed by atoms with Crippen molar-refractivity contribution >= 4 is 5.91 Å². The Morgan fingerprint density at radius 3 is 2.95 bits per heavy atom. The van der Waals surface area contributed by atoms with Gasteiger partial charge < -0.3 is 4.90 Å². The molecule has 2 aliphatic heterocycles. The van der Waals surface area contributed by atoms with E-state index in [9.17, 15) is 4.79 Å². The number of hydrogen-bond acceptors (Lipinski definition) is 3. The number of aromatic amines is 1. The Morgan fingerprint density at radius 1 is 1.40 bits per heavy atom. The van der Waals surface area contributed by atoms with E-state index in [1.807, 2.05) is 11.0 Å². The van der Waals surface area contributed by atoms with Crippen LogP contribution in [-0.4, -0.2) is 52.1 Å². The topological polar surface area (TPSA) is 52.2 Å². The smallest absolute Gasteiger partial charge is 0.274 e. The van der Waals surface area contributed by atoms with Gasteiger partial charge in [0.25, 0.3) is 5.91 Å². The van der Waals surface area contributed by atoms with Gasteiger partial charge in [0.1, 0.15) is 5.69 Å². The monoisotopic (exact) mass is 274 g/mol. The molecule has 1 saturated carbocycles. The Labute approximate surface area is 119 Å². The van der Waals surface area contributed by atoms with Gasteiger partial charge in [0.05, 0.1) is 11.7 Å². The van der Waals surface area contributed by atoms with E-state index < -0.39 is 0 Å². The lowest BCUT2D eigenvalue weighted by molar-refractivity contribution is 0.0697. The first-order chi connectivity index (χ1) is 9.72. The van der Waals surface area contributed by atoms with Gasteiger partial charge in [-0.2, -0.15) is 5.10 Å². The van der Waals surface area contributed by atoms with Crippen LogP contribution in [-0.2, 0) is 0 Å². The first kappa shape index (κ1) is 12.4. The van der Waals surface area contributed by atoms with Gasteiger partial charge >= 0.3 is 0 Å². The highest BCUT2D eigenvalue weighted by molar-refractivity contribution is 5.93. The molecule has 108 valence electrons. The second kappa shape index (κ2) is 4.58. The third-order valence-electron chi connectivity index (χ3n) is 5.37. The average Bonchev–Trinajstić information content (AvgIpc) is 3.21. The van der Waals surface area contributed by atoms with Gasteiger partial charge in [-0.3, -0.25) is 14.8 Å². The fourth-order valence-corrected chi connectivity index (χ4v) is 4.24. The maximum atomic E-state index is 12.6. The van der Waals surface area contributed by atoms with Gasteiger partial charge in [0.15, 0.2) is 0 Å². The summed E-state index contributed by atoms with van der Waals surface area (Å²) in [5.41, 5.74) is 1.70. The molecule has 3 heterocycles. The van der Waals surface area contributed by atoms with Crippen LogP contribution < -0.4 is 0 Å². The Kier molecular flexibility index (Phi) is 2.84. The number of carbonyl (C=O) groups excluding carboxylic acids is 1.